The standard InChI is InChI=1S/C25H32N6O2S/c32-24(28-25-27-8-13-34-25)15-19-6-7-26-17-20(19)14-21-16-23(33-29-21)18-30-9-11-31(12-10-30)22-4-2-1-3-5-22/h1-5,8,13,16,19-20,26H,6-7,9-12,14-15,17-18H2,(H,27,28,32). The molecule has 9 heteroatoms. The second kappa shape index (κ2) is 11.1. The molecule has 8 nitrogen and oxygen atoms in total. The molecule has 5 rings (SSSR count). The van der Waals surface area contributed by atoms with Crippen molar-refractivity contribution in [3.8, 4) is 0 Å². The summed E-state index contributed by atoms with van der Waals surface area (Å²) in [5.41, 5.74) is 2.28. The lowest BCUT2D eigenvalue weighted by Gasteiger charge is -2.35. The first kappa shape index (κ1) is 23.0. The molecule has 0 aliphatic carbocycles. The van der Waals surface area contributed by atoms with Crippen LogP contribution in [0.15, 0.2) is 52.5 Å². The zero-order valence-electron chi connectivity index (χ0n) is 19.4. The van der Waals surface area contributed by atoms with E-state index in [1.165, 1.54) is 17.0 Å². The van der Waals surface area contributed by atoms with Crippen LogP contribution < -0.4 is 15.5 Å². The number of nitrogens with zero attached hydrogens (tertiary/aromatic N) is 4. The van der Waals surface area contributed by atoms with Gasteiger partial charge >= 0.3 is 0 Å². The van der Waals surface area contributed by atoms with Crippen LogP contribution >= 0.6 is 11.3 Å². The Morgan fingerprint density at radius 1 is 1.18 bits per heavy atom. The average Bonchev–Trinajstić information content (AvgIpc) is 3.53. The van der Waals surface area contributed by atoms with E-state index in [0.29, 0.717) is 23.4 Å². The topological polar surface area (TPSA) is 86.5 Å². The van der Waals surface area contributed by atoms with E-state index in [2.05, 4.69) is 67.0 Å². The number of benzene rings is 1. The number of nitrogens with one attached hydrogen (secondary N) is 2. The van der Waals surface area contributed by atoms with Gasteiger partial charge in [0.2, 0.25) is 5.91 Å². The maximum Gasteiger partial charge on any atom is 0.226 e. The average molecular weight is 481 g/mol. The van der Waals surface area contributed by atoms with E-state index < -0.39 is 0 Å². The van der Waals surface area contributed by atoms with Crippen LogP contribution in [0.3, 0.4) is 0 Å². The monoisotopic (exact) mass is 480 g/mol. The van der Waals surface area contributed by atoms with Gasteiger partial charge in [0.1, 0.15) is 0 Å². The second-order valence-electron chi connectivity index (χ2n) is 9.19. The molecule has 0 radical (unpaired) electrons. The molecule has 2 atom stereocenters. The Morgan fingerprint density at radius 2 is 2.03 bits per heavy atom. The van der Waals surface area contributed by atoms with Gasteiger partial charge in [0, 0.05) is 55.9 Å². The van der Waals surface area contributed by atoms with Crippen LogP contribution in [0.1, 0.15) is 24.3 Å². The molecule has 4 heterocycles. The molecule has 2 saturated heterocycles. The number of anilines is 2. The lowest BCUT2D eigenvalue weighted by Crippen LogP contribution is -2.45. The molecule has 2 aromatic heterocycles. The first-order chi connectivity index (χ1) is 16.7. The Balaban J connectivity index is 1.11. The van der Waals surface area contributed by atoms with Gasteiger partial charge in [-0.2, -0.15) is 0 Å². The van der Waals surface area contributed by atoms with Gasteiger partial charge in [-0.25, -0.2) is 4.98 Å². The highest BCUT2D eigenvalue weighted by atomic mass is 32.1. The summed E-state index contributed by atoms with van der Waals surface area (Å²) < 4.78 is 5.70. The number of hydrogen-bond acceptors (Lipinski definition) is 8. The Kier molecular flexibility index (Phi) is 7.52. The minimum absolute atomic E-state index is 0.0438. The molecule has 1 aromatic carbocycles. The summed E-state index contributed by atoms with van der Waals surface area (Å²) in [4.78, 5) is 21.5. The van der Waals surface area contributed by atoms with Crippen molar-refractivity contribution in [2.24, 2.45) is 11.8 Å². The maximum atomic E-state index is 12.5. The smallest absolute Gasteiger partial charge is 0.226 e. The third-order valence-corrected chi connectivity index (χ3v) is 7.53. The first-order valence-electron chi connectivity index (χ1n) is 12.1. The number of carbonyl (C=O) groups excluding carboxylic acids is 1. The molecule has 0 bridgehead atoms. The predicted octanol–water partition coefficient (Wildman–Crippen LogP) is 3.25. The van der Waals surface area contributed by atoms with Crippen LogP contribution in [-0.2, 0) is 17.8 Å². The Hall–Kier alpha value is -2.75. The molecule has 34 heavy (non-hydrogen) atoms. The predicted molar refractivity (Wildman–Crippen MR) is 134 cm³/mol. The van der Waals surface area contributed by atoms with Crippen molar-refractivity contribution in [3.63, 3.8) is 0 Å². The number of piperidine rings is 1. The minimum Gasteiger partial charge on any atom is -0.369 e. The number of thiazole rings is 1. The molecule has 3 aromatic rings. The van der Waals surface area contributed by atoms with Gasteiger partial charge in [0.05, 0.1) is 12.2 Å². The van der Waals surface area contributed by atoms with Gasteiger partial charge in [0.15, 0.2) is 10.9 Å². The van der Waals surface area contributed by atoms with Crippen molar-refractivity contribution in [2.75, 3.05) is 49.5 Å². The van der Waals surface area contributed by atoms with Gasteiger partial charge in [-0.1, -0.05) is 23.4 Å². The fourth-order valence-corrected chi connectivity index (χ4v) is 5.54. The Morgan fingerprint density at radius 3 is 2.82 bits per heavy atom. The van der Waals surface area contributed by atoms with Crippen molar-refractivity contribution >= 4 is 28.1 Å². The highest BCUT2D eigenvalue weighted by molar-refractivity contribution is 7.13. The first-order valence-corrected chi connectivity index (χ1v) is 13.0. The molecule has 2 aliphatic heterocycles. The van der Waals surface area contributed by atoms with Gasteiger partial charge in [-0.05, 0) is 49.9 Å². The Bertz CT molecular complexity index is 1030. The van der Waals surface area contributed by atoms with Crippen LogP contribution in [0.2, 0.25) is 0 Å². The summed E-state index contributed by atoms with van der Waals surface area (Å²) in [6, 6.07) is 12.7. The molecule has 2 N–H and O–H groups in total. The summed E-state index contributed by atoms with van der Waals surface area (Å²) >= 11 is 1.45. The lowest BCUT2D eigenvalue weighted by atomic mass is 9.81. The van der Waals surface area contributed by atoms with Crippen LogP contribution in [-0.4, -0.2) is 60.2 Å². The number of piperazine rings is 1. The third kappa shape index (κ3) is 6.02. The minimum atomic E-state index is 0.0438. The number of para-hydroxylation sites is 1. The summed E-state index contributed by atoms with van der Waals surface area (Å²) in [5, 5.41) is 13.3. The fourth-order valence-electron chi connectivity index (χ4n) is 5.00. The molecule has 0 saturated carbocycles. The van der Waals surface area contributed by atoms with Crippen molar-refractivity contribution in [2.45, 2.75) is 25.8 Å². The molecule has 2 unspecified atom stereocenters. The number of aromatic nitrogens is 2. The van der Waals surface area contributed by atoms with Gasteiger partial charge in [-0.3, -0.25) is 9.69 Å². The van der Waals surface area contributed by atoms with Crippen molar-refractivity contribution < 1.29 is 9.32 Å². The summed E-state index contributed by atoms with van der Waals surface area (Å²) in [7, 11) is 0. The molecule has 1 amide bonds. The largest absolute Gasteiger partial charge is 0.369 e. The van der Waals surface area contributed by atoms with Crippen LogP contribution in [0.4, 0.5) is 10.8 Å². The van der Waals surface area contributed by atoms with Crippen LogP contribution in [0.25, 0.3) is 0 Å². The number of hydrogen-bond donors (Lipinski definition) is 2. The van der Waals surface area contributed by atoms with E-state index in [4.69, 9.17) is 4.52 Å². The second-order valence-corrected chi connectivity index (χ2v) is 10.1. The number of amides is 1. The van der Waals surface area contributed by atoms with Crippen molar-refractivity contribution in [3.05, 3.63) is 59.4 Å². The molecule has 2 aliphatic rings. The SMILES string of the molecule is O=C(CC1CCNCC1Cc1cc(CN2CCN(c3ccccc3)CC2)on1)Nc1nccs1. The highest BCUT2D eigenvalue weighted by Crippen LogP contribution is 2.27. The third-order valence-electron chi connectivity index (χ3n) is 6.84. The number of rotatable bonds is 8. The van der Waals surface area contributed by atoms with E-state index in [1.807, 2.05) is 5.38 Å². The van der Waals surface area contributed by atoms with Crippen molar-refractivity contribution in [1.82, 2.24) is 20.4 Å². The lowest BCUT2D eigenvalue weighted by molar-refractivity contribution is -0.117. The normalized spacial score (nSPS) is 21.5. The maximum absolute atomic E-state index is 12.5. The van der Waals surface area contributed by atoms with E-state index in [0.717, 1.165) is 70.1 Å². The summed E-state index contributed by atoms with van der Waals surface area (Å²) in [6.07, 6.45) is 4.04. The summed E-state index contributed by atoms with van der Waals surface area (Å²) in [5.74, 6) is 1.66. The quantitative estimate of drug-likeness (QED) is 0.512. The zero-order chi connectivity index (χ0) is 23.2. The molecule has 0 spiro atoms. The fraction of sp³-hybridized carbons (Fsp3) is 0.480. The molecular weight excluding hydrogens is 448 g/mol. The summed E-state index contributed by atoms with van der Waals surface area (Å²) in [6.45, 7) is 6.69. The zero-order valence-corrected chi connectivity index (χ0v) is 20.2. The van der Waals surface area contributed by atoms with Gasteiger partial charge < -0.3 is 20.1 Å². The molecular formula is C25H32N6O2S. The molecule has 180 valence electrons. The Labute approximate surface area is 204 Å². The van der Waals surface area contributed by atoms with Crippen molar-refractivity contribution in [1.29, 1.82) is 0 Å². The van der Waals surface area contributed by atoms with E-state index in [-0.39, 0.29) is 5.91 Å². The van der Waals surface area contributed by atoms with Gasteiger partial charge in [0.25, 0.3) is 0 Å². The van der Waals surface area contributed by atoms with Crippen LogP contribution in [0, 0.1) is 11.8 Å². The van der Waals surface area contributed by atoms with Crippen LogP contribution in [0.5, 0.6) is 0 Å². The molecule has 2 fully saturated rings. The highest BCUT2D eigenvalue weighted by Gasteiger charge is 2.28. The van der Waals surface area contributed by atoms with E-state index in [9.17, 15) is 4.79 Å². The van der Waals surface area contributed by atoms with E-state index in [1.54, 1.807) is 6.20 Å². The van der Waals surface area contributed by atoms with Gasteiger partial charge in [-0.15, -0.1) is 11.3 Å². The number of carbonyl (C=O) groups is 1. The van der Waals surface area contributed by atoms with E-state index >= 15 is 0 Å².